The van der Waals surface area contributed by atoms with Crippen molar-refractivity contribution >= 4 is 27.7 Å². The lowest BCUT2D eigenvalue weighted by Gasteiger charge is -2.18. The molecular weight excluding hydrogens is 284 g/mol. The second kappa shape index (κ2) is 5.97. The maximum absolute atomic E-state index is 12.0. The van der Waals surface area contributed by atoms with Gasteiger partial charge in [-0.1, -0.05) is 13.8 Å². The van der Waals surface area contributed by atoms with Crippen LogP contribution in [0.2, 0.25) is 0 Å². The van der Waals surface area contributed by atoms with Gasteiger partial charge in [-0.3, -0.25) is 4.79 Å². The Hall–Kier alpha value is -1.14. The Balaban J connectivity index is 2.91. The first kappa shape index (κ1) is 13.9. The van der Waals surface area contributed by atoms with Gasteiger partial charge in [0.2, 0.25) is 0 Å². The molecule has 0 spiro atoms. The number of rotatable bonds is 4. The summed E-state index contributed by atoms with van der Waals surface area (Å²) in [4.78, 5) is 16.1. The average molecular weight is 301 g/mol. The molecule has 1 unspecified atom stereocenters. The van der Waals surface area contributed by atoms with Gasteiger partial charge in [0.1, 0.15) is 0 Å². The Morgan fingerprint density at radius 3 is 2.65 bits per heavy atom. The second-order valence-corrected chi connectivity index (χ2v) is 5.12. The van der Waals surface area contributed by atoms with Crippen LogP contribution < -0.4 is 16.6 Å². The lowest BCUT2D eigenvalue weighted by molar-refractivity contribution is 0.0931. The number of aromatic nitrogens is 1. The highest BCUT2D eigenvalue weighted by molar-refractivity contribution is 9.10. The highest BCUT2D eigenvalue weighted by Crippen LogP contribution is 2.17. The summed E-state index contributed by atoms with van der Waals surface area (Å²) in [6, 6.07) is 1.78. The molecule has 0 saturated carbocycles. The first-order valence-electron chi connectivity index (χ1n) is 5.38. The molecular formula is C11H17BrN4O. The number of nitrogens with two attached hydrogens (primary N) is 1. The third kappa shape index (κ3) is 3.67. The van der Waals surface area contributed by atoms with E-state index in [4.69, 9.17) is 5.84 Å². The van der Waals surface area contributed by atoms with Crippen molar-refractivity contribution in [1.82, 2.24) is 10.3 Å². The van der Waals surface area contributed by atoms with Crippen molar-refractivity contribution in [3.8, 4) is 0 Å². The molecule has 0 aromatic carbocycles. The van der Waals surface area contributed by atoms with Crippen LogP contribution in [0.1, 0.15) is 31.1 Å². The predicted octanol–water partition coefficient (Wildman–Crippen LogP) is 1.90. The van der Waals surface area contributed by atoms with Gasteiger partial charge in [-0.05, 0) is 34.8 Å². The smallest absolute Gasteiger partial charge is 0.255 e. The Bertz CT molecular complexity index is 408. The van der Waals surface area contributed by atoms with Gasteiger partial charge < -0.3 is 10.7 Å². The molecule has 17 heavy (non-hydrogen) atoms. The van der Waals surface area contributed by atoms with Crippen molar-refractivity contribution in [2.75, 3.05) is 5.43 Å². The average Bonchev–Trinajstić information content (AvgIpc) is 2.28. The topological polar surface area (TPSA) is 80.0 Å². The molecule has 6 heteroatoms. The Morgan fingerprint density at radius 2 is 2.12 bits per heavy atom. The van der Waals surface area contributed by atoms with Crippen LogP contribution in [0.15, 0.2) is 16.7 Å². The number of amides is 1. The van der Waals surface area contributed by atoms with Gasteiger partial charge in [0.25, 0.3) is 5.91 Å². The zero-order valence-corrected chi connectivity index (χ0v) is 11.7. The number of nitrogens with zero attached hydrogens (tertiary/aromatic N) is 1. The van der Waals surface area contributed by atoms with Crippen LogP contribution in [0.4, 0.5) is 5.82 Å². The van der Waals surface area contributed by atoms with Crippen molar-refractivity contribution in [2.24, 2.45) is 11.8 Å². The number of carbonyl (C=O) groups excluding carboxylic acids is 1. The van der Waals surface area contributed by atoms with Crippen molar-refractivity contribution in [1.29, 1.82) is 0 Å². The molecule has 5 nitrogen and oxygen atoms in total. The number of anilines is 1. The number of hydrogen-bond donors (Lipinski definition) is 3. The molecule has 1 heterocycles. The Morgan fingerprint density at radius 1 is 1.47 bits per heavy atom. The zero-order chi connectivity index (χ0) is 13.0. The van der Waals surface area contributed by atoms with Gasteiger partial charge in [0.05, 0.1) is 5.56 Å². The number of hydrazine groups is 1. The largest absolute Gasteiger partial charge is 0.349 e. The number of nitrogen functional groups attached to an aromatic ring is 1. The first-order chi connectivity index (χ1) is 7.95. The van der Waals surface area contributed by atoms with Crippen molar-refractivity contribution in [3.63, 3.8) is 0 Å². The second-order valence-electron chi connectivity index (χ2n) is 4.20. The van der Waals surface area contributed by atoms with Crippen LogP contribution >= 0.6 is 15.9 Å². The van der Waals surface area contributed by atoms with E-state index in [1.165, 1.54) is 0 Å². The van der Waals surface area contributed by atoms with Gasteiger partial charge >= 0.3 is 0 Å². The van der Waals surface area contributed by atoms with E-state index in [0.29, 0.717) is 17.3 Å². The standard InChI is InChI=1S/C11H17BrN4O/c1-6(2)7(3)15-11(17)9-4-8(12)5-14-10(9)16-13/h4-7H,13H2,1-3H3,(H,14,16)(H,15,17). The molecule has 1 rings (SSSR count). The van der Waals surface area contributed by atoms with Crippen LogP contribution in [0.25, 0.3) is 0 Å². The highest BCUT2D eigenvalue weighted by Gasteiger charge is 2.16. The van der Waals surface area contributed by atoms with E-state index < -0.39 is 0 Å². The van der Waals surface area contributed by atoms with E-state index >= 15 is 0 Å². The van der Waals surface area contributed by atoms with Gasteiger partial charge in [0.15, 0.2) is 5.82 Å². The lowest BCUT2D eigenvalue weighted by Crippen LogP contribution is -2.36. The van der Waals surface area contributed by atoms with Gasteiger partial charge in [-0.15, -0.1) is 0 Å². The fourth-order valence-corrected chi connectivity index (χ4v) is 1.51. The minimum absolute atomic E-state index is 0.0899. The summed E-state index contributed by atoms with van der Waals surface area (Å²) >= 11 is 3.28. The summed E-state index contributed by atoms with van der Waals surface area (Å²) in [6.07, 6.45) is 1.58. The van der Waals surface area contributed by atoms with Crippen molar-refractivity contribution < 1.29 is 4.79 Å². The molecule has 1 amide bonds. The van der Waals surface area contributed by atoms with Crippen molar-refractivity contribution in [3.05, 3.63) is 22.3 Å². The number of hydrogen-bond acceptors (Lipinski definition) is 4. The fraction of sp³-hybridized carbons (Fsp3) is 0.455. The van der Waals surface area contributed by atoms with E-state index in [9.17, 15) is 4.79 Å². The molecule has 1 aromatic heterocycles. The van der Waals surface area contributed by atoms with E-state index in [2.05, 4.69) is 31.7 Å². The molecule has 1 atom stereocenters. The fourth-order valence-electron chi connectivity index (χ4n) is 1.18. The van der Waals surface area contributed by atoms with E-state index in [-0.39, 0.29) is 11.9 Å². The molecule has 0 aliphatic heterocycles. The summed E-state index contributed by atoms with van der Waals surface area (Å²) in [6.45, 7) is 6.06. The molecule has 0 saturated heterocycles. The minimum Gasteiger partial charge on any atom is -0.349 e. The van der Waals surface area contributed by atoms with Crippen LogP contribution in [0, 0.1) is 5.92 Å². The summed E-state index contributed by atoms with van der Waals surface area (Å²) in [5, 5.41) is 2.90. The number of carbonyl (C=O) groups is 1. The Kier molecular flexibility index (Phi) is 4.89. The maximum Gasteiger partial charge on any atom is 0.255 e. The first-order valence-corrected chi connectivity index (χ1v) is 6.18. The predicted molar refractivity (Wildman–Crippen MR) is 71.5 cm³/mol. The summed E-state index contributed by atoms with van der Waals surface area (Å²) in [5.41, 5.74) is 2.84. The lowest BCUT2D eigenvalue weighted by atomic mass is 10.1. The molecule has 0 bridgehead atoms. The van der Waals surface area contributed by atoms with Crippen LogP contribution in [0.3, 0.4) is 0 Å². The number of halogens is 1. The SMILES string of the molecule is CC(C)C(C)NC(=O)c1cc(Br)cnc1NN. The van der Waals surface area contributed by atoms with Crippen LogP contribution in [-0.4, -0.2) is 16.9 Å². The van der Waals surface area contributed by atoms with Gasteiger partial charge in [0, 0.05) is 16.7 Å². The molecule has 94 valence electrons. The zero-order valence-electron chi connectivity index (χ0n) is 10.1. The third-order valence-corrected chi connectivity index (χ3v) is 3.03. The molecule has 0 aliphatic rings. The number of pyridine rings is 1. The van der Waals surface area contributed by atoms with Crippen molar-refractivity contribution in [2.45, 2.75) is 26.8 Å². The van der Waals surface area contributed by atoms with E-state index in [0.717, 1.165) is 4.47 Å². The van der Waals surface area contributed by atoms with E-state index in [1.54, 1.807) is 12.3 Å². The Labute approximate surface area is 109 Å². The van der Waals surface area contributed by atoms with Gasteiger partial charge in [-0.25, -0.2) is 10.8 Å². The molecule has 0 fully saturated rings. The van der Waals surface area contributed by atoms with Crippen LogP contribution in [-0.2, 0) is 0 Å². The summed E-state index contributed by atoms with van der Waals surface area (Å²) in [5.74, 6) is 5.87. The van der Waals surface area contributed by atoms with Gasteiger partial charge in [-0.2, -0.15) is 0 Å². The number of nitrogens with one attached hydrogen (secondary N) is 2. The monoisotopic (exact) mass is 300 g/mol. The molecule has 0 aliphatic carbocycles. The maximum atomic E-state index is 12.0. The van der Waals surface area contributed by atoms with Crippen LogP contribution in [0.5, 0.6) is 0 Å². The highest BCUT2D eigenvalue weighted by atomic mass is 79.9. The summed E-state index contributed by atoms with van der Waals surface area (Å²) in [7, 11) is 0. The quantitative estimate of drug-likeness (QED) is 0.586. The molecule has 4 N–H and O–H groups in total. The molecule has 0 radical (unpaired) electrons. The third-order valence-electron chi connectivity index (χ3n) is 2.59. The minimum atomic E-state index is -0.187. The molecule has 1 aromatic rings. The summed E-state index contributed by atoms with van der Waals surface area (Å²) < 4.78 is 0.735. The van der Waals surface area contributed by atoms with E-state index in [1.807, 2.05) is 20.8 Å². The normalized spacial score (nSPS) is 12.4.